The number of rotatable bonds is 8. The molecule has 1 N–H and O–H groups in total. The molecule has 0 atom stereocenters. The number of nitrogens with zero attached hydrogens (tertiary/aromatic N) is 3. The summed E-state index contributed by atoms with van der Waals surface area (Å²) in [4.78, 5) is 15.9. The van der Waals surface area contributed by atoms with Gasteiger partial charge in [-0.1, -0.05) is 6.92 Å². The van der Waals surface area contributed by atoms with Crippen molar-refractivity contribution in [1.82, 2.24) is 14.8 Å². The van der Waals surface area contributed by atoms with Crippen molar-refractivity contribution in [3.05, 3.63) is 42.7 Å². The average molecular weight is 356 g/mol. The van der Waals surface area contributed by atoms with E-state index in [9.17, 15) is 4.79 Å². The van der Waals surface area contributed by atoms with Crippen LogP contribution in [0.4, 0.5) is 5.69 Å². The van der Waals surface area contributed by atoms with E-state index in [1.54, 1.807) is 37.1 Å². The highest BCUT2D eigenvalue weighted by Gasteiger charge is 2.16. The van der Waals surface area contributed by atoms with E-state index in [0.717, 1.165) is 11.4 Å². The number of furan rings is 1. The molecule has 136 valence electrons. The highest BCUT2D eigenvalue weighted by atomic mass is 16.5. The van der Waals surface area contributed by atoms with Crippen LogP contribution in [0.5, 0.6) is 6.01 Å². The lowest BCUT2D eigenvalue weighted by Gasteiger charge is -2.07. The lowest BCUT2D eigenvalue weighted by atomic mass is 10.2. The molecule has 8 heteroatoms. The molecule has 0 bridgehead atoms. The van der Waals surface area contributed by atoms with Gasteiger partial charge in [-0.3, -0.25) is 4.79 Å². The molecule has 2 heterocycles. The number of nitrogens with one attached hydrogen (secondary N) is 1. The molecule has 0 saturated heterocycles. The van der Waals surface area contributed by atoms with E-state index in [1.165, 1.54) is 0 Å². The number of hydrogen-bond acceptors (Lipinski definition) is 6. The van der Waals surface area contributed by atoms with Gasteiger partial charge in [0.2, 0.25) is 11.7 Å². The van der Waals surface area contributed by atoms with E-state index in [2.05, 4.69) is 15.4 Å². The highest BCUT2D eigenvalue weighted by molar-refractivity contribution is 5.90. The van der Waals surface area contributed by atoms with E-state index in [4.69, 9.17) is 13.9 Å². The number of amides is 1. The molecule has 0 saturated carbocycles. The topological polar surface area (TPSA) is 91.4 Å². The lowest BCUT2D eigenvalue weighted by molar-refractivity contribution is -0.115. The van der Waals surface area contributed by atoms with E-state index < -0.39 is 0 Å². The van der Waals surface area contributed by atoms with E-state index in [-0.39, 0.29) is 11.9 Å². The summed E-state index contributed by atoms with van der Waals surface area (Å²) in [5.41, 5.74) is 1.48. The predicted molar refractivity (Wildman–Crippen MR) is 95.4 cm³/mol. The molecule has 0 unspecified atom stereocenters. The first-order chi connectivity index (χ1) is 12.7. The Labute approximate surface area is 150 Å². The minimum absolute atomic E-state index is 0.0383. The Bertz CT molecular complexity index is 841. The Balaban J connectivity index is 1.88. The minimum Gasteiger partial charge on any atom is -0.461 e. The maximum Gasteiger partial charge on any atom is 0.336 e. The zero-order valence-corrected chi connectivity index (χ0v) is 14.6. The first-order valence-electron chi connectivity index (χ1n) is 8.24. The standard InChI is InChI=1S/C18H20N4O4/c1-3-16(23)19-13-6-8-14(9-7-13)22-17(15-5-4-10-25-15)20-18(21-22)26-12-11-24-2/h4-10H,3,11-12H2,1-2H3,(H,19,23). The van der Waals surface area contributed by atoms with Crippen molar-refractivity contribution in [1.29, 1.82) is 0 Å². The van der Waals surface area contributed by atoms with Gasteiger partial charge in [-0.2, -0.15) is 4.98 Å². The van der Waals surface area contributed by atoms with Crippen LogP contribution >= 0.6 is 0 Å². The van der Waals surface area contributed by atoms with Crippen LogP contribution in [-0.2, 0) is 9.53 Å². The van der Waals surface area contributed by atoms with Gasteiger partial charge in [0.25, 0.3) is 0 Å². The van der Waals surface area contributed by atoms with E-state index in [1.807, 2.05) is 24.3 Å². The van der Waals surface area contributed by atoms with Crippen molar-refractivity contribution in [2.75, 3.05) is 25.6 Å². The SMILES string of the molecule is CCC(=O)Nc1ccc(-n2nc(OCCOC)nc2-c2ccco2)cc1. The van der Waals surface area contributed by atoms with Gasteiger partial charge in [-0.15, -0.1) is 5.10 Å². The van der Waals surface area contributed by atoms with Gasteiger partial charge in [0.05, 0.1) is 18.6 Å². The maximum absolute atomic E-state index is 11.5. The van der Waals surface area contributed by atoms with Gasteiger partial charge in [0.15, 0.2) is 5.76 Å². The maximum atomic E-state index is 11.5. The zero-order valence-electron chi connectivity index (χ0n) is 14.6. The molecule has 0 radical (unpaired) electrons. The number of ether oxygens (including phenoxy) is 2. The Morgan fingerprint density at radius 1 is 1.23 bits per heavy atom. The second kappa shape index (κ2) is 8.30. The van der Waals surface area contributed by atoms with Gasteiger partial charge >= 0.3 is 6.01 Å². The largest absolute Gasteiger partial charge is 0.461 e. The van der Waals surface area contributed by atoms with Crippen LogP contribution in [0.1, 0.15) is 13.3 Å². The van der Waals surface area contributed by atoms with Crippen molar-refractivity contribution >= 4 is 11.6 Å². The molecule has 0 aliphatic carbocycles. The Kier molecular flexibility index (Phi) is 5.65. The number of anilines is 1. The van der Waals surface area contributed by atoms with Gasteiger partial charge in [-0.25, -0.2) is 4.68 Å². The predicted octanol–water partition coefficient (Wildman–Crippen LogP) is 2.90. The van der Waals surface area contributed by atoms with E-state index in [0.29, 0.717) is 31.2 Å². The fourth-order valence-corrected chi connectivity index (χ4v) is 2.25. The van der Waals surface area contributed by atoms with Crippen molar-refractivity contribution < 1.29 is 18.7 Å². The molecule has 8 nitrogen and oxygen atoms in total. The Morgan fingerprint density at radius 2 is 2.04 bits per heavy atom. The summed E-state index contributed by atoms with van der Waals surface area (Å²) in [6, 6.07) is 11.1. The van der Waals surface area contributed by atoms with Crippen LogP contribution in [-0.4, -0.2) is 41.0 Å². The molecule has 26 heavy (non-hydrogen) atoms. The normalized spacial score (nSPS) is 10.7. The molecule has 0 aliphatic rings. The summed E-state index contributed by atoms with van der Waals surface area (Å²) in [7, 11) is 1.60. The summed E-state index contributed by atoms with van der Waals surface area (Å²) in [6.07, 6.45) is 2.00. The molecule has 0 spiro atoms. The summed E-state index contributed by atoms with van der Waals surface area (Å²) >= 11 is 0. The van der Waals surface area contributed by atoms with Crippen molar-refractivity contribution in [3.8, 4) is 23.3 Å². The average Bonchev–Trinajstić information content (AvgIpc) is 3.32. The first-order valence-corrected chi connectivity index (χ1v) is 8.24. The van der Waals surface area contributed by atoms with E-state index >= 15 is 0 Å². The Hall–Kier alpha value is -3.13. The number of aromatic nitrogens is 3. The second-order valence-corrected chi connectivity index (χ2v) is 5.40. The number of benzene rings is 1. The van der Waals surface area contributed by atoms with Crippen molar-refractivity contribution in [3.63, 3.8) is 0 Å². The number of hydrogen-bond donors (Lipinski definition) is 1. The summed E-state index contributed by atoms with van der Waals surface area (Å²) in [5, 5.41) is 7.21. The fraction of sp³-hybridized carbons (Fsp3) is 0.278. The molecular weight excluding hydrogens is 336 g/mol. The van der Waals surface area contributed by atoms with Crippen LogP contribution in [0.25, 0.3) is 17.3 Å². The Morgan fingerprint density at radius 3 is 2.69 bits per heavy atom. The molecule has 3 aromatic rings. The summed E-state index contributed by atoms with van der Waals surface area (Å²) in [5.74, 6) is 1.05. The number of carbonyl (C=O) groups excluding carboxylic acids is 1. The molecule has 1 amide bonds. The van der Waals surface area contributed by atoms with Gasteiger partial charge < -0.3 is 19.2 Å². The van der Waals surface area contributed by atoms with Crippen LogP contribution in [0.15, 0.2) is 47.1 Å². The third-order valence-corrected chi connectivity index (χ3v) is 3.56. The van der Waals surface area contributed by atoms with Crippen molar-refractivity contribution in [2.45, 2.75) is 13.3 Å². The lowest BCUT2D eigenvalue weighted by Crippen LogP contribution is -2.09. The van der Waals surface area contributed by atoms with Gasteiger partial charge in [0.1, 0.15) is 6.61 Å². The van der Waals surface area contributed by atoms with Crippen molar-refractivity contribution in [2.24, 2.45) is 0 Å². The molecule has 3 rings (SSSR count). The highest BCUT2D eigenvalue weighted by Crippen LogP contribution is 2.24. The summed E-state index contributed by atoms with van der Waals surface area (Å²) < 4.78 is 17.6. The van der Waals surface area contributed by atoms with Crippen LogP contribution in [0.2, 0.25) is 0 Å². The number of carbonyl (C=O) groups is 1. The first kappa shape index (κ1) is 17.7. The van der Waals surface area contributed by atoms with Crippen LogP contribution < -0.4 is 10.1 Å². The fourth-order valence-electron chi connectivity index (χ4n) is 2.25. The third-order valence-electron chi connectivity index (χ3n) is 3.56. The monoisotopic (exact) mass is 356 g/mol. The number of methoxy groups -OCH3 is 1. The van der Waals surface area contributed by atoms with Gasteiger partial charge in [-0.05, 0) is 36.4 Å². The van der Waals surface area contributed by atoms with Crippen LogP contribution in [0.3, 0.4) is 0 Å². The van der Waals surface area contributed by atoms with Gasteiger partial charge in [0, 0.05) is 19.2 Å². The molecule has 0 fully saturated rings. The molecule has 0 aliphatic heterocycles. The quantitative estimate of drug-likeness (QED) is 0.624. The molecule has 2 aromatic heterocycles. The molecule has 1 aromatic carbocycles. The summed E-state index contributed by atoms with van der Waals surface area (Å²) in [6.45, 7) is 2.59. The minimum atomic E-state index is -0.0383. The molecular formula is C18H20N4O4. The smallest absolute Gasteiger partial charge is 0.336 e. The zero-order chi connectivity index (χ0) is 18.4. The van der Waals surface area contributed by atoms with Crippen LogP contribution in [0, 0.1) is 0 Å². The third kappa shape index (κ3) is 4.09. The second-order valence-electron chi connectivity index (χ2n) is 5.40.